The molecule has 0 N–H and O–H groups in total. The zero-order valence-corrected chi connectivity index (χ0v) is 11.8. The summed E-state index contributed by atoms with van der Waals surface area (Å²) in [6.45, 7) is 2.83. The molecule has 0 radical (unpaired) electrons. The number of benzene rings is 2. The summed E-state index contributed by atoms with van der Waals surface area (Å²) in [4.78, 5) is 12.0. The van der Waals surface area contributed by atoms with Crippen molar-refractivity contribution >= 4 is 5.78 Å². The average Bonchev–Trinajstić information content (AvgIpc) is 2.52. The summed E-state index contributed by atoms with van der Waals surface area (Å²) in [5, 5.41) is 0. The lowest BCUT2D eigenvalue weighted by Gasteiger charge is -2.06. The van der Waals surface area contributed by atoms with Crippen molar-refractivity contribution < 1.29 is 9.53 Å². The van der Waals surface area contributed by atoms with Gasteiger partial charge in [-0.15, -0.1) is 0 Å². The number of carbonyl (C=O) groups is 1. The smallest absolute Gasteiger partial charge is 0.163 e. The Morgan fingerprint density at radius 3 is 2.35 bits per heavy atom. The summed E-state index contributed by atoms with van der Waals surface area (Å²) in [6.07, 6.45) is 2.31. The van der Waals surface area contributed by atoms with Gasteiger partial charge in [0.05, 0.1) is 6.61 Å². The van der Waals surface area contributed by atoms with Crippen LogP contribution in [0.3, 0.4) is 0 Å². The molecule has 20 heavy (non-hydrogen) atoms. The van der Waals surface area contributed by atoms with Gasteiger partial charge in [-0.05, 0) is 30.5 Å². The molecule has 0 aromatic heterocycles. The summed E-state index contributed by atoms with van der Waals surface area (Å²) in [5.41, 5.74) is 1.95. The van der Waals surface area contributed by atoms with Gasteiger partial charge in [-0.3, -0.25) is 4.79 Å². The first-order chi connectivity index (χ1) is 9.79. The highest BCUT2D eigenvalue weighted by atomic mass is 16.5. The third kappa shape index (κ3) is 4.23. The average molecular weight is 268 g/mol. The molecule has 0 saturated carbocycles. The molecule has 0 aliphatic rings. The van der Waals surface area contributed by atoms with Crippen LogP contribution in [0.2, 0.25) is 0 Å². The predicted octanol–water partition coefficient (Wildman–Crippen LogP) is 4.29. The van der Waals surface area contributed by atoms with Gasteiger partial charge in [-0.25, -0.2) is 0 Å². The molecule has 0 aliphatic heterocycles. The largest absolute Gasteiger partial charge is 0.494 e. The SMILES string of the molecule is CCCOc1ccc(CCC(=O)c2ccccc2)cc1. The first-order valence-electron chi connectivity index (χ1n) is 7.09. The molecule has 0 aliphatic carbocycles. The molecule has 0 bridgehead atoms. The summed E-state index contributed by atoms with van der Waals surface area (Å²) in [6, 6.07) is 17.4. The fraction of sp³-hybridized carbons (Fsp3) is 0.278. The van der Waals surface area contributed by atoms with E-state index < -0.39 is 0 Å². The van der Waals surface area contributed by atoms with Crippen molar-refractivity contribution in [2.45, 2.75) is 26.2 Å². The lowest BCUT2D eigenvalue weighted by molar-refractivity contribution is 0.0983. The standard InChI is InChI=1S/C18H20O2/c1-2-14-20-17-11-8-15(9-12-17)10-13-18(19)16-6-4-3-5-7-16/h3-9,11-12H,2,10,13-14H2,1H3. The van der Waals surface area contributed by atoms with Crippen molar-refractivity contribution in [2.75, 3.05) is 6.61 Å². The maximum absolute atomic E-state index is 12.0. The van der Waals surface area contributed by atoms with Gasteiger partial charge in [0.1, 0.15) is 5.75 Å². The van der Waals surface area contributed by atoms with Crippen LogP contribution in [0.1, 0.15) is 35.7 Å². The molecule has 0 saturated heterocycles. The summed E-state index contributed by atoms with van der Waals surface area (Å²) in [7, 11) is 0. The van der Waals surface area contributed by atoms with E-state index in [1.807, 2.05) is 54.6 Å². The Balaban J connectivity index is 1.86. The maximum atomic E-state index is 12.0. The molecule has 104 valence electrons. The van der Waals surface area contributed by atoms with Crippen LogP contribution in [0.5, 0.6) is 5.75 Å². The van der Waals surface area contributed by atoms with Crippen molar-refractivity contribution in [1.29, 1.82) is 0 Å². The van der Waals surface area contributed by atoms with E-state index in [1.165, 1.54) is 0 Å². The fourth-order valence-corrected chi connectivity index (χ4v) is 2.00. The van der Waals surface area contributed by atoms with Crippen LogP contribution in [0.25, 0.3) is 0 Å². The zero-order valence-electron chi connectivity index (χ0n) is 11.8. The second-order valence-corrected chi connectivity index (χ2v) is 4.78. The number of ketones is 1. The Morgan fingerprint density at radius 1 is 1.00 bits per heavy atom. The third-order valence-electron chi connectivity index (χ3n) is 3.13. The van der Waals surface area contributed by atoms with Crippen LogP contribution in [0.4, 0.5) is 0 Å². The number of hydrogen-bond donors (Lipinski definition) is 0. The van der Waals surface area contributed by atoms with Crippen LogP contribution in [0, 0.1) is 0 Å². The molecule has 0 amide bonds. The summed E-state index contributed by atoms with van der Waals surface area (Å²) < 4.78 is 5.54. The van der Waals surface area contributed by atoms with Crippen LogP contribution < -0.4 is 4.74 Å². The van der Waals surface area contributed by atoms with E-state index in [0.29, 0.717) is 6.42 Å². The highest BCUT2D eigenvalue weighted by molar-refractivity contribution is 5.96. The van der Waals surface area contributed by atoms with Crippen molar-refractivity contribution in [1.82, 2.24) is 0 Å². The van der Waals surface area contributed by atoms with E-state index in [2.05, 4.69) is 6.92 Å². The van der Waals surface area contributed by atoms with E-state index in [0.717, 1.165) is 36.3 Å². The van der Waals surface area contributed by atoms with Crippen LogP contribution in [0.15, 0.2) is 54.6 Å². The minimum Gasteiger partial charge on any atom is -0.494 e. The van der Waals surface area contributed by atoms with Crippen LogP contribution >= 0.6 is 0 Å². The van der Waals surface area contributed by atoms with Crippen LogP contribution in [-0.2, 0) is 6.42 Å². The number of Topliss-reactive ketones (excluding diaryl/α,β-unsaturated/α-hetero) is 1. The van der Waals surface area contributed by atoms with E-state index in [1.54, 1.807) is 0 Å². The van der Waals surface area contributed by atoms with Gasteiger partial charge in [-0.2, -0.15) is 0 Å². The Labute approximate surface area is 120 Å². The number of hydrogen-bond acceptors (Lipinski definition) is 2. The molecule has 2 nitrogen and oxygen atoms in total. The molecule has 0 heterocycles. The number of ether oxygens (including phenoxy) is 1. The van der Waals surface area contributed by atoms with E-state index in [4.69, 9.17) is 4.74 Å². The van der Waals surface area contributed by atoms with Gasteiger partial charge in [0.2, 0.25) is 0 Å². The van der Waals surface area contributed by atoms with Gasteiger partial charge in [-0.1, -0.05) is 49.4 Å². The van der Waals surface area contributed by atoms with Gasteiger partial charge >= 0.3 is 0 Å². The Morgan fingerprint density at radius 2 is 1.70 bits per heavy atom. The molecule has 0 spiro atoms. The first-order valence-corrected chi connectivity index (χ1v) is 7.09. The molecule has 0 fully saturated rings. The Kier molecular flexibility index (Phi) is 5.36. The van der Waals surface area contributed by atoms with Crippen LogP contribution in [-0.4, -0.2) is 12.4 Å². The van der Waals surface area contributed by atoms with Crippen molar-refractivity contribution in [2.24, 2.45) is 0 Å². The van der Waals surface area contributed by atoms with Crippen molar-refractivity contribution in [3.8, 4) is 5.75 Å². The van der Waals surface area contributed by atoms with Gasteiger partial charge in [0.25, 0.3) is 0 Å². The normalized spacial score (nSPS) is 10.2. The summed E-state index contributed by atoms with van der Waals surface area (Å²) in [5.74, 6) is 1.09. The fourth-order valence-electron chi connectivity index (χ4n) is 2.00. The second-order valence-electron chi connectivity index (χ2n) is 4.78. The monoisotopic (exact) mass is 268 g/mol. The minimum absolute atomic E-state index is 0.192. The minimum atomic E-state index is 0.192. The number of rotatable bonds is 7. The predicted molar refractivity (Wildman–Crippen MR) is 81.3 cm³/mol. The highest BCUT2D eigenvalue weighted by Crippen LogP contribution is 2.14. The Bertz CT molecular complexity index is 529. The lowest BCUT2D eigenvalue weighted by atomic mass is 10.0. The first kappa shape index (κ1) is 14.3. The molecule has 2 rings (SSSR count). The maximum Gasteiger partial charge on any atom is 0.163 e. The third-order valence-corrected chi connectivity index (χ3v) is 3.13. The highest BCUT2D eigenvalue weighted by Gasteiger charge is 2.05. The zero-order chi connectivity index (χ0) is 14.2. The molecular formula is C18H20O2. The quantitative estimate of drug-likeness (QED) is 0.700. The molecule has 2 heteroatoms. The lowest BCUT2D eigenvalue weighted by Crippen LogP contribution is -2.01. The van der Waals surface area contributed by atoms with E-state index in [9.17, 15) is 4.79 Å². The summed E-state index contributed by atoms with van der Waals surface area (Å²) >= 11 is 0. The Hall–Kier alpha value is -2.09. The molecular weight excluding hydrogens is 248 g/mol. The van der Waals surface area contributed by atoms with Gasteiger partial charge in [0.15, 0.2) is 5.78 Å². The van der Waals surface area contributed by atoms with Crippen molar-refractivity contribution in [3.63, 3.8) is 0 Å². The van der Waals surface area contributed by atoms with E-state index in [-0.39, 0.29) is 5.78 Å². The topological polar surface area (TPSA) is 26.3 Å². The van der Waals surface area contributed by atoms with Gasteiger partial charge in [0, 0.05) is 12.0 Å². The van der Waals surface area contributed by atoms with Crippen molar-refractivity contribution in [3.05, 3.63) is 65.7 Å². The molecule has 0 unspecified atom stereocenters. The van der Waals surface area contributed by atoms with E-state index >= 15 is 0 Å². The second kappa shape index (κ2) is 7.49. The number of carbonyl (C=O) groups excluding carboxylic acids is 1. The molecule has 2 aromatic rings. The van der Waals surface area contributed by atoms with Gasteiger partial charge < -0.3 is 4.74 Å². The molecule has 2 aromatic carbocycles. The molecule has 0 atom stereocenters. The number of aryl methyl sites for hydroxylation is 1.